The molecule has 0 saturated carbocycles. The Bertz CT molecular complexity index is 458. The van der Waals surface area contributed by atoms with E-state index in [1.807, 2.05) is 0 Å². The van der Waals surface area contributed by atoms with E-state index in [4.69, 9.17) is 0 Å². The zero-order valence-corrected chi connectivity index (χ0v) is 13.3. The van der Waals surface area contributed by atoms with Crippen LogP contribution in [0.1, 0.15) is 41.5 Å². The topological polar surface area (TPSA) is 9.72 Å². The number of rotatable bonds is 0. The summed E-state index contributed by atoms with van der Waals surface area (Å²) in [6.07, 6.45) is 0. The Morgan fingerprint density at radius 1 is 0.833 bits per heavy atom. The standard InChI is InChI=1S/C15H27N3/c1-10-11(2)13-15(6,14(4,5)12(10)3)17(8)18(9)16(13)7/h1-9H3. The Morgan fingerprint density at radius 3 is 1.83 bits per heavy atom. The van der Waals surface area contributed by atoms with Crippen molar-refractivity contribution in [3.05, 3.63) is 22.4 Å². The molecule has 1 aliphatic carbocycles. The lowest BCUT2D eigenvalue weighted by molar-refractivity contribution is -0.107. The molecule has 1 saturated heterocycles. The van der Waals surface area contributed by atoms with Gasteiger partial charge in [0.05, 0.1) is 11.2 Å². The second-order valence-electron chi connectivity index (χ2n) is 6.46. The van der Waals surface area contributed by atoms with Gasteiger partial charge in [-0.15, -0.1) is 0 Å². The summed E-state index contributed by atoms with van der Waals surface area (Å²) in [4.78, 5) is 0. The van der Waals surface area contributed by atoms with Crippen molar-refractivity contribution >= 4 is 0 Å². The summed E-state index contributed by atoms with van der Waals surface area (Å²) < 4.78 is 0. The normalized spacial score (nSPS) is 33.5. The van der Waals surface area contributed by atoms with Crippen molar-refractivity contribution in [1.29, 1.82) is 0 Å². The van der Waals surface area contributed by atoms with Gasteiger partial charge in [0.1, 0.15) is 0 Å². The average Bonchev–Trinajstić information content (AvgIpc) is 2.48. The predicted molar refractivity (Wildman–Crippen MR) is 76.5 cm³/mol. The number of likely N-dealkylation sites (N-methyl/N-ethyl adjacent to an activating group) is 2. The van der Waals surface area contributed by atoms with Crippen LogP contribution in [0.5, 0.6) is 0 Å². The monoisotopic (exact) mass is 249 g/mol. The number of hydrogen-bond donors (Lipinski definition) is 0. The first-order valence-corrected chi connectivity index (χ1v) is 6.69. The largest absolute Gasteiger partial charge is 0.297 e. The molecule has 0 bridgehead atoms. The van der Waals surface area contributed by atoms with Crippen LogP contribution >= 0.6 is 0 Å². The first-order valence-electron chi connectivity index (χ1n) is 6.69. The molecule has 18 heavy (non-hydrogen) atoms. The van der Waals surface area contributed by atoms with Gasteiger partial charge in [-0.05, 0) is 38.8 Å². The predicted octanol–water partition coefficient (Wildman–Crippen LogP) is 3.03. The van der Waals surface area contributed by atoms with Crippen molar-refractivity contribution in [3.8, 4) is 0 Å². The molecule has 1 aliphatic heterocycles. The van der Waals surface area contributed by atoms with E-state index in [1.165, 1.54) is 22.4 Å². The minimum absolute atomic E-state index is 0.0180. The van der Waals surface area contributed by atoms with Gasteiger partial charge in [0, 0.05) is 26.6 Å². The number of fused-ring (bicyclic) bond motifs is 1. The molecular weight excluding hydrogens is 222 g/mol. The molecule has 0 N–H and O–H groups in total. The van der Waals surface area contributed by atoms with Crippen molar-refractivity contribution in [2.45, 2.75) is 47.1 Å². The molecule has 2 aliphatic rings. The van der Waals surface area contributed by atoms with E-state index in [0.29, 0.717) is 0 Å². The molecule has 0 radical (unpaired) electrons. The second-order valence-corrected chi connectivity index (χ2v) is 6.46. The number of hydrogen-bond acceptors (Lipinski definition) is 3. The Hall–Kier alpha value is -0.800. The summed E-state index contributed by atoms with van der Waals surface area (Å²) >= 11 is 0. The molecule has 0 aromatic heterocycles. The number of nitrogens with zero attached hydrogens (tertiary/aromatic N) is 3. The SMILES string of the molecule is CC1=C(C)C(C)(C)C2(C)C(=C1C)N(C)N(C)N2C. The average molecular weight is 249 g/mol. The van der Waals surface area contributed by atoms with E-state index in [2.05, 4.69) is 77.8 Å². The molecule has 2 rings (SSSR count). The third kappa shape index (κ3) is 1.22. The molecule has 1 heterocycles. The quantitative estimate of drug-likeness (QED) is 0.653. The molecule has 1 atom stereocenters. The zero-order chi connectivity index (χ0) is 14.0. The third-order valence-corrected chi connectivity index (χ3v) is 5.93. The molecule has 0 aromatic carbocycles. The minimum atomic E-state index is 0.0180. The van der Waals surface area contributed by atoms with Gasteiger partial charge >= 0.3 is 0 Å². The molecule has 3 heteroatoms. The van der Waals surface area contributed by atoms with Gasteiger partial charge in [0.2, 0.25) is 0 Å². The third-order valence-electron chi connectivity index (χ3n) is 5.93. The smallest absolute Gasteiger partial charge is 0.0843 e. The van der Waals surface area contributed by atoms with Gasteiger partial charge in [0.15, 0.2) is 0 Å². The van der Waals surface area contributed by atoms with Gasteiger partial charge in [-0.2, -0.15) is 5.12 Å². The van der Waals surface area contributed by atoms with Crippen molar-refractivity contribution in [2.75, 3.05) is 21.1 Å². The molecule has 102 valence electrons. The van der Waals surface area contributed by atoms with E-state index < -0.39 is 0 Å². The summed E-state index contributed by atoms with van der Waals surface area (Å²) in [5.74, 6) is 0. The Kier molecular flexibility index (Phi) is 2.73. The van der Waals surface area contributed by atoms with Crippen molar-refractivity contribution in [2.24, 2.45) is 5.41 Å². The van der Waals surface area contributed by atoms with Crippen molar-refractivity contribution in [3.63, 3.8) is 0 Å². The van der Waals surface area contributed by atoms with Crippen LogP contribution in [0.15, 0.2) is 22.4 Å². The molecule has 0 spiro atoms. The summed E-state index contributed by atoms with van der Waals surface area (Å²) in [5, 5.41) is 6.86. The maximum absolute atomic E-state index is 2.36. The van der Waals surface area contributed by atoms with Gasteiger partial charge in [0.25, 0.3) is 0 Å². The van der Waals surface area contributed by atoms with Gasteiger partial charge in [-0.1, -0.05) is 19.4 Å². The minimum Gasteiger partial charge on any atom is -0.297 e. The molecule has 0 amide bonds. The van der Waals surface area contributed by atoms with E-state index in [-0.39, 0.29) is 11.0 Å². The lowest BCUT2D eigenvalue weighted by atomic mass is 9.61. The number of allylic oxidation sites excluding steroid dienone is 2. The molecule has 1 fully saturated rings. The highest BCUT2D eigenvalue weighted by atomic mass is 15.9. The maximum Gasteiger partial charge on any atom is 0.0843 e. The molecule has 3 nitrogen and oxygen atoms in total. The van der Waals surface area contributed by atoms with Crippen LogP contribution in [0.3, 0.4) is 0 Å². The highest BCUT2D eigenvalue weighted by Crippen LogP contribution is 2.56. The summed E-state index contributed by atoms with van der Waals surface area (Å²) in [7, 11) is 6.47. The van der Waals surface area contributed by atoms with Crippen molar-refractivity contribution in [1.82, 2.24) is 15.1 Å². The van der Waals surface area contributed by atoms with E-state index >= 15 is 0 Å². The summed E-state index contributed by atoms with van der Waals surface area (Å²) in [6.45, 7) is 13.9. The molecule has 0 aromatic rings. The highest BCUT2D eigenvalue weighted by Gasteiger charge is 2.58. The summed E-state index contributed by atoms with van der Waals surface area (Å²) in [6, 6.07) is 0. The fourth-order valence-electron chi connectivity index (χ4n) is 3.70. The Labute approximate surface area is 112 Å². The second kappa shape index (κ2) is 3.61. The first-order chi connectivity index (χ1) is 8.08. The maximum atomic E-state index is 2.36. The van der Waals surface area contributed by atoms with Crippen LogP contribution in [-0.2, 0) is 0 Å². The van der Waals surface area contributed by atoms with E-state index in [0.717, 1.165) is 0 Å². The fourth-order valence-corrected chi connectivity index (χ4v) is 3.70. The van der Waals surface area contributed by atoms with Crippen LogP contribution in [0.4, 0.5) is 0 Å². The first kappa shape index (κ1) is 13.6. The van der Waals surface area contributed by atoms with Crippen LogP contribution in [-0.4, -0.2) is 41.8 Å². The van der Waals surface area contributed by atoms with Crippen LogP contribution < -0.4 is 0 Å². The van der Waals surface area contributed by atoms with Gasteiger partial charge < -0.3 is 0 Å². The van der Waals surface area contributed by atoms with Crippen molar-refractivity contribution < 1.29 is 0 Å². The lowest BCUT2D eigenvalue weighted by Gasteiger charge is -2.50. The van der Waals surface area contributed by atoms with Gasteiger partial charge in [-0.25, -0.2) is 5.01 Å². The molecular formula is C15H27N3. The van der Waals surface area contributed by atoms with Crippen LogP contribution in [0, 0.1) is 5.41 Å². The zero-order valence-electron chi connectivity index (χ0n) is 13.3. The Morgan fingerprint density at radius 2 is 1.33 bits per heavy atom. The number of hydrazine groups is 2. The highest BCUT2D eigenvalue weighted by molar-refractivity contribution is 5.49. The van der Waals surface area contributed by atoms with Gasteiger partial charge in [-0.3, -0.25) is 5.01 Å². The molecule has 1 unspecified atom stereocenters. The Balaban J connectivity index is 2.78. The van der Waals surface area contributed by atoms with Crippen LogP contribution in [0.25, 0.3) is 0 Å². The van der Waals surface area contributed by atoms with E-state index in [1.54, 1.807) is 0 Å². The summed E-state index contributed by atoms with van der Waals surface area (Å²) in [5.41, 5.74) is 5.95. The lowest BCUT2D eigenvalue weighted by Crippen LogP contribution is -2.56. The van der Waals surface area contributed by atoms with E-state index in [9.17, 15) is 0 Å². The van der Waals surface area contributed by atoms with Crippen LogP contribution in [0.2, 0.25) is 0 Å². The fraction of sp³-hybridized carbons (Fsp3) is 0.733.